The van der Waals surface area contributed by atoms with E-state index in [9.17, 15) is 14.7 Å². The molecule has 2 aromatic carbocycles. The van der Waals surface area contributed by atoms with E-state index in [-0.39, 0.29) is 11.3 Å². The number of aryl methyl sites for hydroxylation is 1. The highest BCUT2D eigenvalue weighted by Crippen LogP contribution is 2.40. The summed E-state index contributed by atoms with van der Waals surface area (Å²) < 4.78 is 6.73. The summed E-state index contributed by atoms with van der Waals surface area (Å²) in [6, 6.07) is 12.2. The number of carbonyl (C=O) groups excluding carboxylic acids is 2. The van der Waals surface area contributed by atoms with Gasteiger partial charge in [-0.05, 0) is 67.9 Å². The van der Waals surface area contributed by atoms with E-state index in [0.29, 0.717) is 25.3 Å². The molecule has 35 heavy (non-hydrogen) atoms. The number of unbranched alkanes of at least 4 members (excludes halogenated alkanes) is 1. The van der Waals surface area contributed by atoms with E-state index in [2.05, 4.69) is 41.6 Å². The Morgan fingerprint density at radius 1 is 1.09 bits per heavy atom. The fraction of sp³-hybridized carbons (Fsp3) is 0.429. The molecule has 1 amide bonds. The van der Waals surface area contributed by atoms with Crippen LogP contribution in [0, 0.1) is 6.92 Å². The number of aliphatic hydroxyl groups excluding tert-OH is 1. The number of halogens is 1. The Bertz CT molecular complexity index is 1080. The van der Waals surface area contributed by atoms with Crippen molar-refractivity contribution in [2.75, 3.05) is 32.8 Å². The zero-order valence-corrected chi connectivity index (χ0v) is 22.6. The molecule has 2 aromatic rings. The lowest BCUT2D eigenvalue weighted by atomic mass is 9.95. The van der Waals surface area contributed by atoms with Crippen LogP contribution >= 0.6 is 15.9 Å². The largest absolute Gasteiger partial charge is 0.507 e. The van der Waals surface area contributed by atoms with Crippen molar-refractivity contribution in [1.29, 1.82) is 0 Å². The smallest absolute Gasteiger partial charge is 0.295 e. The van der Waals surface area contributed by atoms with E-state index in [4.69, 9.17) is 4.74 Å². The molecular formula is C28H35BrN2O4. The molecule has 1 heterocycles. The number of hydrogen-bond acceptors (Lipinski definition) is 5. The Labute approximate surface area is 216 Å². The second-order valence-corrected chi connectivity index (χ2v) is 9.67. The van der Waals surface area contributed by atoms with E-state index in [1.165, 1.54) is 0 Å². The summed E-state index contributed by atoms with van der Waals surface area (Å²) in [5.41, 5.74) is 2.26. The molecule has 0 aliphatic carbocycles. The van der Waals surface area contributed by atoms with Crippen molar-refractivity contribution < 1.29 is 19.4 Å². The number of rotatable bonds is 11. The van der Waals surface area contributed by atoms with Crippen LogP contribution in [0.1, 0.15) is 56.3 Å². The molecule has 7 heteroatoms. The molecule has 1 aliphatic heterocycles. The number of benzene rings is 2. The van der Waals surface area contributed by atoms with Gasteiger partial charge in [-0.15, -0.1) is 0 Å². The van der Waals surface area contributed by atoms with Crippen LogP contribution in [0.2, 0.25) is 0 Å². The highest BCUT2D eigenvalue weighted by atomic mass is 79.9. The summed E-state index contributed by atoms with van der Waals surface area (Å²) in [4.78, 5) is 30.2. The van der Waals surface area contributed by atoms with Crippen LogP contribution in [0.3, 0.4) is 0 Å². The minimum Gasteiger partial charge on any atom is -0.507 e. The van der Waals surface area contributed by atoms with Gasteiger partial charge in [0, 0.05) is 23.1 Å². The minimum absolute atomic E-state index is 0.121. The van der Waals surface area contributed by atoms with Gasteiger partial charge in [-0.25, -0.2) is 0 Å². The maximum Gasteiger partial charge on any atom is 0.295 e. The number of likely N-dealkylation sites (N-methyl/N-ethyl adjacent to an activating group) is 1. The molecule has 1 N–H and O–H groups in total. The van der Waals surface area contributed by atoms with Gasteiger partial charge in [0.05, 0.1) is 18.2 Å². The third kappa shape index (κ3) is 6.14. The molecule has 0 radical (unpaired) electrons. The third-order valence-electron chi connectivity index (χ3n) is 6.48. The first-order chi connectivity index (χ1) is 16.8. The number of ketones is 1. The summed E-state index contributed by atoms with van der Waals surface area (Å²) in [6.07, 6.45) is 2.01. The molecule has 6 nitrogen and oxygen atoms in total. The van der Waals surface area contributed by atoms with Crippen LogP contribution in [-0.2, 0) is 9.59 Å². The molecule has 0 bridgehead atoms. The van der Waals surface area contributed by atoms with Gasteiger partial charge in [-0.3, -0.25) is 9.59 Å². The quantitative estimate of drug-likeness (QED) is 0.171. The lowest BCUT2D eigenvalue weighted by molar-refractivity contribution is -0.140. The highest BCUT2D eigenvalue weighted by molar-refractivity contribution is 9.10. The van der Waals surface area contributed by atoms with E-state index >= 15 is 0 Å². The molecule has 3 rings (SSSR count). The first kappa shape index (κ1) is 27.0. The van der Waals surface area contributed by atoms with E-state index in [1.807, 2.05) is 37.3 Å². The highest BCUT2D eigenvalue weighted by Gasteiger charge is 2.46. The Balaban J connectivity index is 2.03. The van der Waals surface area contributed by atoms with Gasteiger partial charge in [0.2, 0.25) is 0 Å². The SMILES string of the molecule is CCCCOc1ccc(C(O)=C2C(=O)C(=O)N(CCN(CC)CC)[C@H]2c2ccc(Br)cc2)cc1C. The maximum absolute atomic E-state index is 13.2. The second kappa shape index (κ2) is 12.4. The monoisotopic (exact) mass is 542 g/mol. The topological polar surface area (TPSA) is 70.1 Å². The first-order valence-corrected chi connectivity index (χ1v) is 13.1. The molecular weight excluding hydrogens is 508 g/mol. The van der Waals surface area contributed by atoms with Crippen molar-refractivity contribution in [3.63, 3.8) is 0 Å². The number of aliphatic hydroxyl groups is 1. The fourth-order valence-electron chi connectivity index (χ4n) is 4.33. The van der Waals surface area contributed by atoms with Gasteiger partial charge in [0.1, 0.15) is 11.5 Å². The molecule has 0 saturated carbocycles. The van der Waals surface area contributed by atoms with Crippen LogP contribution in [0.4, 0.5) is 0 Å². The number of likely N-dealkylation sites (tertiary alicyclic amines) is 1. The molecule has 1 aliphatic rings. The first-order valence-electron chi connectivity index (χ1n) is 12.3. The predicted molar refractivity (Wildman–Crippen MR) is 143 cm³/mol. The van der Waals surface area contributed by atoms with Crippen molar-refractivity contribution in [3.05, 3.63) is 69.2 Å². The second-order valence-electron chi connectivity index (χ2n) is 8.75. The van der Waals surface area contributed by atoms with Gasteiger partial charge >= 0.3 is 0 Å². The summed E-state index contributed by atoms with van der Waals surface area (Å²) in [6.45, 7) is 11.5. The van der Waals surface area contributed by atoms with Crippen LogP contribution in [0.25, 0.3) is 5.76 Å². The summed E-state index contributed by atoms with van der Waals surface area (Å²) in [5, 5.41) is 11.3. The summed E-state index contributed by atoms with van der Waals surface area (Å²) in [5.74, 6) is -0.650. The van der Waals surface area contributed by atoms with E-state index < -0.39 is 17.7 Å². The van der Waals surface area contributed by atoms with E-state index in [1.54, 1.807) is 17.0 Å². The number of ether oxygens (including phenoxy) is 1. The average molecular weight is 544 g/mol. The van der Waals surface area contributed by atoms with Crippen molar-refractivity contribution in [2.24, 2.45) is 0 Å². The number of hydrogen-bond donors (Lipinski definition) is 1. The van der Waals surface area contributed by atoms with Gasteiger partial charge in [-0.1, -0.05) is 55.3 Å². The molecule has 0 aromatic heterocycles. The zero-order chi connectivity index (χ0) is 25.5. The molecule has 0 spiro atoms. The van der Waals surface area contributed by atoms with Gasteiger partial charge in [0.15, 0.2) is 0 Å². The minimum atomic E-state index is -0.657. The molecule has 1 atom stereocenters. The third-order valence-corrected chi connectivity index (χ3v) is 7.01. The van der Waals surface area contributed by atoms with Crippen LogP contribution in [0.15, 0.2) is 52.5 Å². The number of Topliss-reactive ketones (excluding diaryl/α,β-unsaturated/α-hetero) is 1. The molecule has 0 unspecified atom stereocenters. The summed E-state index contributed by atoms with van der Waals surface area (Å²) >= 11 is 3.45. The van der Waals surface area contributed by atoms with Crippen molar-refractivity contribution in [2.45, 2.75) is 46.6 Å². The number of carbonyl (C=O) groups is 2. The van der Waals surface area contributed by atoms with Crippen molar-refractivity contribution >= 4 is 33.4 Å². The number of amides is 1. The Morgan fingerprint density at radius 3 is 2.37 bits per heavy atom. The zero-order valence-electron chi connectivity index (χ0n) is 21.0. The maximum atomic E-state index is 13.2. The van der Waals surface area contributed by atoms with Crippen LogP contribution in [0.5, 0.6) is 5.75 Å². The van der Waals surface area contributed by atoms with Gasteiger partial charge < -0.3 is 19.6 Å². The lowest BCUT2D eigenvalue weighted by Gasteiger charge is -2.28. The molecule has 188 valence electrons. The molecule has 1 fully saturated rings. The molecule has 1 saturated heterocycles. The van der Waals surface area contributed by atoms with Gasteiger partial charge in [-0.2, -0.15) is 0 Å². The summed E-state index contributed by atoms with van der Waals surface area (Å²) in [7, 11) is 0. The van der Waals surface area contributed by atoms with Crippen molar-refractivity contribution in [3.8, 4) is 5.75 Å². The van der Waals surface area contributed by atoms with Crippen LogP contribution < -0.4 is 4.74 Å². The Kier molecular flexibility index (Phi) is 9.52. The van der Waals surface area contributed by atoms with Gasteiger partial charge in [0.25, 0.3) is 11.7 Å². The van der Waals surface area contributed by atoms with E-state index in [0.717, 1.165) is 47.3 Å². The van der Waals surface area contributed by atoms with Crippen LogP contribution in [-0.4, -0.2) is 59.4 Å². The van der Waals surface area contributed by atoms with Crippen molar-refractivity contribution in [1.82, 2.24) is 9.80 Å². The Hall–Kier alpha value is -2.64. The Morgan fingerprint density at radius 2 is 1.77 bits per heavy atom. The predicted octanol–water partition coefficient (Wildman–Crippen LogP) is 5.70. The fourth-order valence-corrected chi connectivity index (χ4v) is 4.60. The number of nitrogens with zero attached hydrogens (tertiary/aromatic N) is 2. The standard InChI is InChI=1S/C28H35BrN2O4/c1-5-8-17-35-23-14-11-21(18-19(23)4)26(32)24-25(20-9-12-22(29)13-10-20)31(28(34)27(24)33)16-15-30(6-2)7-3/h9-14,18,25,32H,5-8,15-17H2,1-4H3/t25-/m0/s1. The lowest BCUT2D eigenvalue weighted by Crippen LogP contribution is -2.38. The normalized spacial score (nSPS) is 17.4. The average Bonchev–Trinajstić information content (AvgIpc) is 3.10.